The van der Waals surface area contributed by atoms with Crippen molar-refractivity contribution in [3.8, 4) is 5.75 Å². The standard InChI is InChI=1S/C10H10Br2N2O5/c1-5(4-13-10(15)16)19-8-3-6(11)2-7(9(8)12)14(17)18/h2-3,5,13H,4H2,1H3,(H,15,16)/t5-/m1/s1. The fourth-order valence-corrected chi connectivity index (χ4v) is 2.15. The zero-order valence-corrected chi connectivity index (χ0v) is 12.9. The van der Waals surface area contributed by atoms with E-state index in [9.17, 15) is 14.9 Å². The van der Waals surface area contributed by atoms with Gasteiger partial charge in [-0.25, -0.2) is 4.79 Å². The molecule has 0 saturated carbocycles. The lowest BCUT2D eigenvalue weighted by Crippen LogP contribution is -2.32. The molecular weight excluding hydrogens is 388 g/mol. The number of rotatable bonds is 5. The van der Waals surface area contributed by atoms with Gasteiger partial charge in [-0.15, -0.1) is 0 Å². The molecule has 0 unspecified atom stereocenters. The summed E-state index contributed by atoms with van der Waals surface area (Å²) in [5.74, 6) is 0.265. The molecule has 19 heavy (non-hydrogen) atoms. The van der Waals surface area contributed by atoms with Crippen LogP contribution < -0.4 is 10.1 Å². The molecule has 0 spiro atoms. The Hall–Kier alpha value is -1.35. The third-order valence-electron chi connectivity index (χ3n) is 2.05. The first-order chi connectivity index (χ1) is 8.81. The highest BCUT2D eigenvalue weighted by Crippen LogP contribution is 2.37. The molecule has 0 aliphatic rings. The van der Waals surface area contributed by atoms with Crippen LogP contribution >= 0.6 is 31.9 Å². The summed E-state index contributed by atoms with van der Waals surface area (Å²) >= 11 is 6.25. The van der Waals surface area contributed by atoms with Gasteiger partial charge in [-0.1, -0.05) is 15.9 Å². The van der Waals surface area contributed by atoms with E-state index < -0.39 is 17.1 Å². The number of nitro benzene ring substituents is 1. The van der Waals surface area contributed by atoms with E-state index >= 15 is 0 Å². The van der Waals surface area contributed by atoms with Crippen LogP contribution in [0.1, 0.15) is 6.92 Å². The lowest BCUT2D eigenvalue weighted by Gasteiger charge is -2.15. The van der Waals surface area contributed by atoms with Crippen molar-refractivity contribution in [2.75, 3.05) is 6.54 Å². The lowest BCUT2D eigenvalue weighted by atomic mass is 10.3. The second-order valence-electron chi connectivity index (χ2n) is 3.61. The molecule has 104 valence electrons. The number of amides is 1. The number of nitro groups is 1. The molecule has 0 bridgehead atoms. The molecule has 2 N–H and O–H groups in total. The van der Waals surface area contributed by atoms with Gasteiger partial charge >= 0.3 is 6.09 Å². The minimum Gasteiger partial charge on any atom is -0.487 e. The minimum absolute atomic E-state index is 0.0715. The predicted molar refractivity (Wildman–Crippen MR) is 74.6 cm³/mol. The molecule has 1 aromatic carbocycles. The van der Waals surface area contributed by atoms with Gasteiger partial charge in [-0.3, -0.25) is 10.1 Å². The van der Waals surface area contributed by atoms with Crippen LogP contribution in [0.2, 0.25) is 0 Å². The van der Waals surface area contributed by atoms with Gasteiger partial charge in [-0.2, -0.15) is 0 Å². The molecule has 0 saturated heterocycles. The Balaban J connectivity index is 2.89. The van der Waals surface area contributed by atoms with Gasteiger partial charge in [0.1, 0.15) is 16.3 Å². The number of nitrogens with zero attached hydrogens (tertiary/aromatic N) is 1. The Kier molecular flexibility index (Phi) is 5.55. The Labute approximate surface area is 125 Å². The van der Waals surface area contributed by atoms with Crippen molar-refractivity contribution in [3.05, 3.63) is 31.2 Å². The van der Waals surface area contributed by atoms with E-state index in [1.165, 1.54) is 6.07 Å². The zero-order valence-electron chi connectivity index (χ0n) is 9.72. The normalized spacial score (nSPS) is 11.7. The quantitative estimate of drug-likeness (QED) is 0.586. The van der Waals surface area contributed by atoms with E-state index in [-0.39, 0.29) is 22.5 Å². The first kappa shape index (κ1) is 15.7. The Bertz CT molecular complexity index is 509. The smallest absolute Gasteiger partial charge is 0.404 e. The van der Waals surface area contributed by atoms with Gasteiger partial charge in [0.2, 0.25) is 0 Å². The monoisotopic (exact) mass is 396 g/mol. The SMILES string of the molecule is C[C@H](CNC(=O)O)Oc1cc(Br)cc([N+](=O)[O-])c1Br. The van der Waals surface area contributed by atoms with Crippen LogP contribution in [-0.2, 0) is 0 Å². The van der Waals surface area contributed by atoms with Crippen LogP contribution in [0.4, 0.5) is 10.5 Å². The van der Waals surface area contributed by atoms with Crippen LogP contribution in [0.5, 0.6) is 5.75 Å². The second-order valence-corrected chi connectivity index (χ2v) is 5.32. The van der Waals surface area contributed by atoms with E-state index in [1.54, 1.807) is 13.0 Å². The highest BCUT2D eigenvalue weighted by Gasteiger charge is 2.19. The Morgan fingerprint density at radius 1 is 1.58 bits per heavy atom. The molecule has 1 aromatic rings. The topological polar surface area (TPSA) is 102 Å². The van der Waals surface area contributed by atoms with Crippen molar-refractivity contribution in [2.45, 2.75) is 13.0 Å². The first-order valence-corrected chi connectivity index (χ1v) is 6.66. The second kappa shape index (κ2) is 6.71. The van der Waals surface area contributed by atoms with Gasteiger partial charge in [0.15, 0.2) is 0 Å². The van der Waals surface area contributed by atoms with Crippen LogP contribution in [0.25, 0.3) is 0 Å². The summed E-state index contributed by atoms with van der Waals surface area (Å²) in [5.41, 5.74) is -0.136. The predicted octanol–water partition coefficient (Wildman–Crippen LogP) is 3.15. The Morgan fingerprint density at radius 2 is 2.21 bits per heavy atom. The number of benzene rings is 1. The number of halogens is 2. The molecule has 0 heterocycles. The molecule has 0 aliphatic carbocycles. The summed E-state index contributed by atoms with van der Waals surface area (Å²) in [6.07, 6.45) is -1.63. The molecule has 1 atom stereocenters. The highest BCUT2D eigenvalue weighted by atomic mass is 79.9. The Morgan fingerprint density at radius 3 is 2.74 bits per heavy atom. The molecular formula is C10H10Br2N2O5. The largest absolute Gasteiger partial charge is 0.487 e. The maximum absolute atomic E-state index is 10.8. The number of nitrogens with one attached hydrogen (secondary N) is 1. The van der Waals surface area contributed by atoms with Gasteiger partial charge in [-0.05, 0) is 28.9 Å². The van der Waals surface area contributed by atoms with Gasteiger partial charge in [0.25, 0.3) is 5.69 Å². The van der Waals surface area contributed by atoms with Crippen molar-refractivity contribution in [3.63, 3.8) is 0 Å². The average Bonchev–Trinajstić information content (AvgIpc) is 2.30. The summed E-state index contributed by atoms with van der Waals surface area (Å²) < 4.78 is 6.17. The minimum atomic E-state index is -1.16. The number of carbonyl (C=O) groups is 1. The molecule has 0 radical (unpaired) electrons. The third kappa shape index (κ3) is 4.67. The molecule has 9 heteroatoms. The number of carboxylic acid groups (broad SMARTS) is 1. The van der Waals surface area contributed by atoms with Crippen molar-refractivity contribution >= 4 is 43.6 Å². The zero-order chi connectivity index (χ0) is 14.6. The number of ether oxygens (including phenoxy) is 1. The maximum atomic E-state index is 10.8. The summed E-state index contributed by atoms with van der Waals surface area (Å²) in [4.78, 5) is 20.6. The average molecular weight is 398 g/mol. The highest BCUT2D eigenvalue weighted by molar-refractivity contribution is 9.11. The van der Waals surface area contributed by atoms with Gasteiger partial charge in [0.05, 0.1) is 11.5 Å². The lowest BCUT2D eigenvalue weighted by molar-refractivity contribution is -0.385. The molecule has 0 aromatic heterocycles. The van der Waals surface area contributed by atoms with Crippen molar-refractivity contribution in [2.24, 2.45) is 0 Å². The molecule has 1 amide bonds. The van der Waals surface area contributed by atoms with Crippen LogP contribution in [0, 0.1) is 10.1 Å². The summed E-state index contributed by atoms with van der Waals surface area (Å²) in [6.45, 7) is 1.72. The van der Waals surface area contributed by atoms with E-state index in [2.05, 4.69) is 37.2 Å². The molecule has 0 aliphatic heterocycles. The summed E-state index contributed by atoms with van der Waals surface area (Å²) in [6, 6.07) is 2.91. The maximum Gasteiger partial charge on any atom is 0.404 e. The van der Waals surface area contributed by atoms with Crippen LogP contribution in [0.3, 0.4) is 0 Å². The number of hydrogen-bond acceptors (Lipinski definition) is 4. The van der Waals surface area contributed by atoms with Crippen molar-refractivity contribution < 1.29 is 19.6 Å². The summed E-state index contributed by atoms with van der Waals surface area (Å²) in [7, 11) is 0. The molecule has 7 nitrogen and oxygen atoms in total. The fraction of sp³-hybridized carbons (Fsp3) is 0.300. The van der Waals surface area contributed by atoms with Crippen molar-refractivity contribution in [1.82, 2.24) is 5.32 Å². The summed E-state index contributed by atoms with van der Waals surface area (Å²) in [5, 5.41) is 21.5. The molecule has 1 rings (SSSR count). The van der Waals surface area contributed by atoms with E-state index in [0.717, 1.165) is 0 Å². The van der Waals surface area contributed by atoms with Crippen LogP contribution in [0.15, 0.2) is 21.1 Å². The van der Waals surface area contributed by atoms with E-state index in [4.69, 9.17) is 9.84 Å². The van der Waals surface area contributed by atoms with E-state index in [0.29, 0.717) is 4.47 Å². The molecule has 0 fully saturated rings. The van der Waals surface area contributed by atoms with Gasteiger partial charge < -0.3 is 15.2 Å². The third-order valence-corrected chi connectivity index (χ3v) is 3.31. The van der Waals surface area contributed by atoms with E-state index in [1.807, 2.05) is 0 Å². The van der Waals surface area contributed by atoms with Crippen molar-refractivity contribution in [1.29, 1.82) is 0 Å². The fourth-order valence-electron chi connectivity index (χ4n) is 1.26. The number of hydrogen-bond donors (Lipinski definition) is 2. The van der Waals surface area contributed by atoms with Crippen LogP contribution in [-0.4, -0.2) is 28.8 Å². The van der Waals surface area contributed by atoms with Gasteiger partial charge in [0, 0.05) is 10.5 Å². The first-order valence-electron chi connectivity index (χ1n) is 5.08.